The van der Waals surface area contributed by atoms with Crippen molar-refractivity contribution in [2.75, 3.05) is 31.6 Å². The van der Waals surface area contributed by atoms with Crippen molar-refractivity contribution in [1.29, 1.82) is 0 Å². The number of nitrogens with one attached hydrogen (secondary N) is 1. The quantitative estimate of drug-likeness (QED) is 0.702. The number of amides is 2. The van der Waals surface area contributed by atoms with Gasteiger partial charge in [0.05, 0.1) is 30.3 Å². The van der Waals surface area contributed by atoms with Crippen LogP contribution in [0.1, 0.15) is 35.7 Å². The number of carbonyl (C=O) groups excluding carboxylic acids is 2. The van der Waals surface area contributed by atoms with Gasteiger partial charge in [-0.3, -0.25) is 9.59 Å². The summed E-state index contributed by atoms with van der Waals surface area (Å²) >= 11 is 0. The summed E-state index contributed by atoms with van der Waals surface area (Å²) in [7, 11) is 1.97. The number of benzene rings is 1. The molecule has 2 amide bonds. The van der Waals surface area contributed by atoms with Gasteiger partial charge in [-0.05, 0) is 25.3 Å². The molecule has 3 aromatic rings. The molecule has 2 aromatic heterocycles. The molecule has 0 radical (unpaired) electrons. The van der Waals surface area contributed by atoms with Gasteiger partial charge in [-0.1, -0.05) is 18.2 Å². The second-order valence-corrected chi connectivity index (χ2v) is 8.40. The SMILES string of the molecule is Cn1cc(C(=O)N2CCC(n3nccc3NC(=O)C3CCOC3)CC2)c2ccccc21. The average Bonchev–Trinajstić information content (AvgIpc) is 3.54. The van der Waals surface area contributed by atoms with Crippen LogP contribution in [0.3, 0.4) is 0 Å². The maximum absolute atomic E-state index is 13.2. The van der Waals surface area contributed by atoms with Gasteiger partial charge >= 0.3 is 0 Å². The molecule has 1 atom stereocenters. The third-order valence-electron chi connectivity index (χ3n) is 6.45. The lowest BCUT2D eigenvalue weighted by molar-refractivity contribution is -0.119. The molecule has 2 aliphatic rings. The summed E-state index contributed by atoms with van der Waals surface area (Å²) in [6.45, 7) is 2.45. The molecule has 1 unspecified atom stereocenters. The number of likely N-dealkylation sites (tertiary alicyclic amines) is 1. The summed E-state index contributed by atoms with van der Waals surface area (Å²) in [5.74, 6) is 0.688. The molecule has 1 N–H and O–H groups in total. The fourth-order valence-corrected chi connectivity index (χ4v) is 4.67. The normalized spacial score (nSPS) is 19.8. The van der Waals surface area contributed by atoms with Gasteiger partial charge in [-0.2, -0.15) is 5.10 Å². The fraction of sp³-hybridized carbons (Fsp3) is 0.435. The highest BCUT2D eigenvalue weighted by atomic mass is 16.5. The van der Waals surface area contributed by atoms with Crippen molar-refractivity contribution in [3.05, 3.63) is 48.3 Å². The zero-order valence-corrected chi connectivity index (χ0v) is 17.7. The van der Waals surface area contributed by atoms with E-state index in [9.17, 15) is 9.59 Å². The molecule has 0 spiro atoms. The standard InChI is InChI=1S/C23H27N5O3/c1-26-14-19(18-4-2-3-5-20(18)26)23(30)27-11-7-17(8-12-27)28-21(6-10-24-28)25-22(29)16-9-13-31-15-16/h2-6,10,14,16-17H,7-9,11-13,15H2,1H3,(H,25,29). The lowest BCUT2D eigenvalue weighted by Gasteiger charge is -2.32. The van der Waals surface area contributed by atoms with Gasteiger partial charge < -0.3 is 19.5 Å². The summed E-state index contributed by atoms with van der Waals surface area (Å²) in [5, 5.41) is 8.46. The molecule has 162 valence electrons. The minimum atomic E-state index is -0.0940. The van der Waals surface area contributed by atoms with E-state index in [1.165, 1.54) is 0 Å². The van der Waals surface area contributed by atoms with Gasteiger partial charge in [0.1, 0.15) is 5.82 Å². The van der Waals surface area contributed by atoms with E-state index in [1.54, 1.807) is 6.20 Å². The van der Waals surface area contributed by atoms with Crippen molar-refractivity contribution in [3.8, 4) is 0 Å². The van der Waals surface area contributed by atoms with E-state index in [-0.39, 0.29) is 23.8 Å². The first-order chi connectivity index (χ1) is 15.1. The van der Waals surface area contributed by atoms with Crippen molar-refractivity contribution in [1.82, 2.24) is 19.2 Å². The summed E-state index contributed by atoms with van der Waals surface area (Å²) in [4.78, 5) is 27.6. The van der Waals surface area contributed by atoms with Crippen LogP contribution in [0, 0.1) is 5.92 Å². The molecule has 0 bridgehead atoms. The Balaban J connectivity index is 1.25. The Morgan fingerprint density at radius 2 is 1.94 bits per heavy atom. The van der Waals surface area contributed by atoms with E-state index in [4.69, 9.17) is 4.74 Å². The number of piperidine rings is 1. The number of ether oxygens (including phenoxy) is 1. The smallest absolute Gasteiger partial charge is 0.256 e. The number of aryl methyl sites for hydroxylation is 1. The van der Waals surface area contributed by atoms with Gasteiger partial charge in [0.2, 0.25) is 5.91 Å². The highest BCUT2D eigenvalue weighted by Gasteiger charge is 2.29. The number of aromatic nitrogens is 3. The molecule has 0 saturated carbocycles. The Labute approximate surface area is 180 Å². The van der Waals surface area contributed by atoms with Crippen molar-refractivity contribution >= 4 is 28.5 Å². The molecular weight excluding hydrogens is 394 g/mol. The van der Waals surface area contributed by atoms with Gasteiger partial charge in [0.25, 0.3) is 5.91 Å². The number of rotatable bonds is 4. The van der Waals surface area contributed by atoms with Crippen LogP contribution in [0.15, 0.2) is 42.7 Å². The summed E-state index contributed by atoms with van der Waals surface area (Å²) < 4.78 is 9.22. The van der Waals surface area contributed by atoms with Gasteiger partial charge in [0.15, 0.2) is 0 Å². The van der Waals surface area contributed by atoms with E-state index < -0.39 is 0 Å². The first-order valence-electron chi connectivity index (χ1n) is 10.9. The Morgan fingerprint density at radius 3 is 2.71 bits per heavy atom. The zero-order valence-electron chi connectivity index (χ0n) is 17.7. The van der Waals surface area contributed by atoms with Crippen LogP contribution in [0.4, 0.5) is 5.82 Å². The topological polar surface area (TPSA) is 81.4 Å². The van der Waals surface area contributed by atoms with E-state index in [0.29, 0.717) is 26.3 Å². The second kappa shape index (κ2) is 8.19. The number of fused-ring (bicyclic) bond motifs is 1. The molecule has 2 saturated heterocycles. The predicted octanol–water partition coefficient (Wildman–Crippen LogP) is 2.83. The minimum Gasteiger partial charge on any atom is -0.381 e. The van der Waals surface area contributed by atoms with Crippen LogP contribution in [0.25, 0.3) is 10.9 Å². The third kappa shape index (κ3) is 3.72. The Hall–Kier alpha value is -3.13. The Kier molecular flexibility index (Phi) is 5.23. The third-order valence-corrected chi connectivity index (χ3v) is 6.45. The maximum Gasteiger partial charge on any atom is 0.256 e. The number of hydrogen-bond donors (Lipinski definition) is 1. The number of carbonyl (C=O) groups is 2. The highest BCUT2D eigenvalue weighted by Crippen LogP contribution is 2.28. The van der Waals surface area contributed by atoms with Crippen LogP contribution >= 0.6 is 0 Å². The number of hydrogen-bond acceptors (Lipinski definition) is 4. The van der Waals surface area contributed by atoms with Gasteiger partial charge in [0, 0.05) is 49.9 Å². The Bertz CT molecular complexity index is 1100. The first kappa shape index (κ1) is 19.8. The average molecular weight is 422 g/mol. The van der Waals surface area contributed by atoms with Crippen molar-refractivity contribution in [2.45, 2.75) is 25.3 Å². The van der Waals surface area contributed by atoms with E-state index in [1.807, 2.05) is 57.7 Å². The van der Waals surface area contributed by atoms with Crippen LogP contribution in [0.5, 0.6) is 0 Å². The fourth-order valence-electron chi connectivity index (χ4n) is 4.67. The molecule has 8 nitrogen and oxygen atoms in total. The minimum absolute atomic E-state index is 0.0113. The van der Waals surface area contributed by atoms with Crippen molar-refractivity contribution in [3.63, 3.8) is 0 Å². The molecule has 5 rings (SSSR count). The first-order valence-corrected chi connectivity index (χ1v) is 10.9. The van der Waals surface area contributed by atoms with Crippen molar-refractivity contribution < 1.29 is 14.3 Å². The summed E-state index contributed by atoms with van der Waals surface area (Å²) in [6, 6.07) is 9.98. The second-order valence-electron chi connectivity index (χ2n) is 8.40. The van der Waals surface area contributed by atoms with Crippen LogP contribution in [0.2, 0.25) is 0 Å². The Morgan fingerprint density at radius 1 is 1.13 bits per heavy atom. The summed E-state index contributed by atoms with van der Waals surface area (Å²) in [6.07, 6.45) is 6.00. The molecular formula is C23H27N5O3. The molecule has 2 aliphatic heterocycles. The number of nitrogens with zero attached hydrogens (tertiary/aromatic N) is 4. The largest absolute Gasteiger partial charge is 0.381 e. The molecule has 31 heavy (non-hydrogen) atoms. The van der Waals surface area contributed by atoms with Crippen molar-refractivity contribution in [2.24, 2.45) is 13.0 Å². The van der Waals surface area contributed by atoms with E-state index in [2.05, 4.69) is 10.4 Å². The molecule has 0 aliphatic carbocycles. The predicted molar refractivity (Wildman–Crippen MR) is 117 cm³/mol. The summed E-state index contributed by atoms with van der Waals surface area (Å²) in [5.41, 5.74) is 1.81. The molecule has 8 heteroatoms. The maximum atomic E-state index is 13.2. The van der Waals surface area contributed by atoms with Gasteiger partial charge in [-0.25, -0.2) is 4.68 Å². The van der Waals surface area contributed by atoms with E-state index >= 15 is 0 Å². The monoisotopic (exact) mass is 421 g/mol. The molecule has 2 fully saturated rings. The molecule has 4 heterocycles. The number of anilines is 1. The van der Waals surface area contributed by atoms with E-state index in [0.717, 1.165) is 41.5 Å². The highest BCUT2D eigenvalue weighted by molar-refractivity contribution is 6.07. The van der Waals surface area contributed by atoms with Crippen LogP contribution in [-0.2, 0) is 16.6 Å². The van der Waals surface area contributed by atoms with Crippen LogP contribution in [-0.4, -0.2) is 57.4 Å². The molecule has 1 aromatic carbocycles. The lowest BCUT2D eigenvalue weighted by Crippen LogP contribution is -2.39. The van der Waals surface area contributed by atoms with Crippen LogP contribution < -0.4 is 5.32 Å². The zero-order chi connectivity index (χ0) is 21.4. The number of para-hydroxylation sites is 1. The van der Waals surface area contributed by atoms with Gasteiger partial charge in [-0.15, -0.1) is 0 Å². The lowest BCUT2D eigenvalue weighted by atomic mass is 10.0.